The SMILES string of the molecule is Cc1c(C(=O)Nc2ccccc2C(F)(F)F)sc2ncn(Cc3ccccc3F)c(=O)c12. The molecule has 2 aromatic carbocycles. The van der Waals surface area contributed by atoms with Crippen molar-refractivity contribution >= 4 is 33.1 Å². The summed E-state index contributed by atoms with van der Waals surface area (Å²) in [5.74, 6) is -1.24. The van der Waals surface area contributed by atoms with E-state index in [0.29, 0.717) is 11.1 Å². The standard InChI is InChI=1S/C22H15F4N3O2S/c1-12-17-20(27-11-29(21(17)31)10-13-6-2-4-8-15(13)23)32-18(12)19(30)28-16-9-5-3-7-14(16)22(24,25)26/h2-9,11H,10H2,1H3,(H,28,30). The van der Waals surface area contributed by atoms with Crippen LogP contribution in [-0.2, 0) is 12.7 Å². The van der Waals surface area contributed by atoms with Crippen LogP contribution in [-0.4, -0.2) is 15.5 Å². The van der Waals surface area contributed by atoms with E-state index in [1.807, 2.05) is 0 Å². The van der Waals surface area contributed by atoms with Crippen LogP contribution in [0, 0.1) is 12.7 Å². The Morgan fingerprint density at radius 3 is 2.53 bits per heavy atom. The number of para-hydroxylation sites is 1. The molecule has 4 rings (SSSR count). The number of nitrogens with one attached hydrogen (secondary N) is 1. The van der Waals surface area contributed by atoms with E-state index in [9.17, 15) is 27.2 Å². The van der Waals surface area contributed by atoms with Crippen LogP contribution in [0.1, 0.15) is 26.4 Å². The average Bonchev–Trinajstić information content (AvgIpc) is 3.08. The number of halogens is 4. The minimum atomic E-state index is -4.64. The number of nitrogens with zero attached hydrogens (tertiary/aromatic N) is 2. The number of aryl methyl sites for hydroxylation is 1. The van der Waals surface area contributed by atoms with E-state index in [0.717, 1.165) is 23.5 Å². The highest BCUT2D eigenvalue weighted by Gasteiger charge is 2.34. The van der Waals surface area contributed by atoms with E-state index in [1.54, 1.807) is 12.1 Å². The lowest BCUT2D eigenvalue weighted by molar-refractivity contribution is -0.136. The van der Waals surface area contributed by atoms with Gasteiger partial charge in [-0.15, -0.1) is 11.3 Å². The van der Waals surface area contributed by atoms with Crippen LogP contribution >= 0.6 is 11.3 Å². The van der Waals surface area contributed by atoms with Crippen molar-refractivity contribution in [3.63, 3.8) is 0 Å². The van der Waals surface area contributed by atoms with E-state index in [4.69, 9.17) is 0 Å². The number of aromatic nitrogens is 2. The van der Waals surface area contributed by atoms with Crippen molar-refractivity contribution in [3.05, 3.63) is 92.6 Å². The summed E-state index contributed by atoms with van der Waals surface area (Å²) in [5, 5.41) is 2.45. The molecular weight excluding hydrogens is 446 g/mol. The number of hydrogen-bond donors (Lipinski definition) is 1. The van der Waals surface area contributed by atoms with Gasteiger partial charge in [0, 0.05) is 5.56 Å². The van der Waals surface area contributed by atoms with Gasteiger partial charge in [0.05, 0.1) is 34.4 Å². The first-order valence-electron chi connectivity index (χ1n) is 9.36. The maximum Gasteiger partial charge on any atom is 0.418 e. The summed E-state index contributed by atoms with van der Waals surface area (Å²) in [6, 6.07) is 10.6. The Morgan fingerprint density at radius 2 is 1.81 bits per heavy atom. The molecule has 164 valence electrons. The second-order valence-corrected chi connectivity index (χ2v) is 8.00. The van der Waals surface area contributed by atoms with Gasteiger partial charge in [0.1, 0.15) is 10.6 Å². The number of amides is 1. The second kappa shape index (κ2) is 8.19. The third-order valence-electron chi connectivity index (χ3n) is 4.90. The molecule has 0 radical (unpaired) electrons. The van der Waals surface area contributed by atoms with Gasteiger partial charge in [-0.3, -0.25) is 14.2 Å². The molecule has 10 heteroatoms. The lowest BCUT2D eigenvalue weighted by Gasteiger charge is -2.13. The fourth-order valence-electron chi connectivity index (χ4n) is 3.32. The number of fused-ring (bicyclic) bond motifs is 1. The molecule has 5 nitrogen and oxygen atoms in total. The lowest BCUT2D eigenvalue weighted by Crippen LogP contribution is -2.21. The molecule has 0 fully saturated rings. The van der Waals surface area contributed by atoms with E-state index < -0.39 is 29.0 Å². The van der Waals surface area contributed by atoms with Gasteiger partial charge < -0.3 is 5.32 Å². The minimum absolute atomic E-state index is 0.0514. The number of alkyl halides is 3. The molecule has 0 aliphatic rings. The largest absolute Gasteiger partial charge is 0.418 e. The van der Waals surface area contributed by atoms with Gasteiger partial charge in [-0.1, -0.05) is 30.3 Å². The first-order chi connectivity index (χ1) is 15.2. The summed E-state index contributed by atoms with van der Waals surface area (Å²) in [4.78, 5) is 30.3. The van der Waals surface area contributed by atoms with Crippen LogP contribution < -0.4 is 10.9 Å². The highest BCUT2D eigenvalue weighted by molar-refractivity contribution is 7.20. The average molecular weight is 461 g/mol. The predicted molar refractivity (Wildman–Crippen MR) is 114 cm³/mol. The third kappa shape index (κ3) is 4.01. The summed E-state index contributed by atoms with van der Waals surface area (Å²) >= 11 is 0.905. The lowest BCUT2D eigenvalue weighted by atomic mass is 10.1. The van der Waals surface area contributed by atoms with E-state index in [-0.39, 0.29) is 27.3 Å². The molecule has 0 aliphatic carbocycles. The number of hydrogen-bond acceptors (Lipinski definition) is 4. The van der Waals surface area contributed by atoms with Crippen molar-refractivity contribution < 1.29 is 22.4 Å². The zero-order valence-electron chi connectivity index (χ0n) is 16.5. The number of thiophene rings is 1. The summed E-state index contributed by atoms with van der Waals surface area (Å²) in [6.45, 7) is 1.48. The number of benzene rings is 2. The van der Waals surface area contributed by atoms with Crippen LogP contribution in [0.15, 0.2) is 59.7 Å². The fourth-order valence-corrected chi connectivity index (χ4v) is 4.35. The van der Waals surface area contributed by atoms with Gasteiger partial charge in [0.2, 0.25) is 0 Å². The molecular formula is C22H15F4N3O2S. The van der Waals surface area contributed by atoms with Crippen molar-refractivity contribution in [3.8, 4) is 0 Å². The van der Waals surface area contributed by atoms with Gasteiger partial charge in [-0.2, -0.15) is 13.2 Å². The summed E-state index contributed by atoms with van der Waals surface area (Å²) < 4.78 is 54.9. The van der Waals surface area contributed by atoms with Crippen LogP contribution in [0.2, 0.25) is 0 Å². The first kappa shape index (κ1) is 21.7. The highest BCUT2D eigenvalue weighted by atomic mass is 32.1. The van der Waals surface area contributed by atoms with Gasteiger partial charge >= 0.3 is 6.18 Å². The molecule has 1 N–H and O–H groups in total. The van der Waals surface area contributed by atoms with Crippen molar-refractivity contribution in [2.45, 2.75) is 19.6 Å². The summed E-state index contributed by atoms with van der Waals surface area (Å²) in [5.41, 5.74) is -1.23. The number of carbonyl (C=O) groups is 1. The van der Waals surface area contributed by atoms with Gasteiger partial charge in [-0.05, 0) is 30.7 Å². The minimum Gasteiger partial charge on any atom is -0.321 e. The Morgan fingerprint density at radius 1 is 1.12 bits per heavy atom. The Bertz CT molecular complexity index is 1390. The van der Waals surface area contributed by atoms with Crippen LogP contribution in [0.5, 0.6) is 0 Å². The predicted octanol–water partition coefficient (Wildman–Crippen LogP) is 5.22. The summed E-state index contributed by atoms with van der Waals surface area (Å²) in [7, 11) is 0. The molecule has 0 aliphatic heterocycles. The maximum atomic E-state index is 14.0. The number of anilines is 1. The monoisotopic (exact) mass is 461 g/mol. The highest BCUT2D eigenvalue weighted by Crippen LogP contribution is 2.35. The molecule has 0 atom stereocenters. The van der Waals surface area contributed by atoms with Crippen LogP contribution in [0.25, 0.3) is 10.2 Å². The van der Waals surface area contributed by atoms with Crippen LogP contribution in [0.4, 0.5) is 23.2 Å². The second-order valence-electron chi connectivity index (χ2n) is 7.00. The molecule has 0 unspecified atom stereocenters. The molecule has 2 heterocycles. The Hall–Kier alpha value is -3.53. The molecule has 1 amide bonds. The molecule has 32 heavy (non-hydrogen) atoms. The fraction of sp³-hybridized carbons (Fsp3) is 0.136. The van der Waals surface area contributed by atoms with Crippen LogP contribution in [0.3, 0.4) is 0 Å². The molecule has 4 aromatic rings. The number of rotatable bonds is 4. The normalized spacial score (nSPS) is 11.7. The molecule has 0 saturated carbocycles. The maximum absolute atomic E-state index is 14.0. The first-order valence-corrected chi connectivity index (χ1v) is 10.2. The van der Waals surface area contributed by atoms with Crippen molar-refractivity contribution in [2.75, 3.05) is 5.32 Å². The molecule has 2 aromatic heterocycles. The van der Waals surface area contributed by atoms with Crippen molar-refractivity contribution in [1.82, 2.24) is 9.55 Å². The Labute approximate surface area is 183 Å². The molecule has 0 spiro atoms. The van der Waals surface area contributed by atoms with E-state index >= 15 is 0 Å². The van der Waals surface area contributed by atoms with Crippen molar-refractivity contribution in [2.24, 2.45) is 0 Å². The Kier molecular flexibility index (Phi) is 5.55. The molecule has 0 saturated heterocycles. The quantitative estimate of drug-likeness (QED) is 0.424. The summed E-state index contributed by atoms with van der Waals surface area (Å²) in [6.07, 6.45) is -3.38. The smallest absolute Gasteiger partial charge is 0.321 e. The van der Waals surface area contributed by atoms with Crippen molar-refractivity contribution in [1.29, 1.82) is 0 Å². The van der Waals surface area contributed by atoms with Gasteiger partial charge in [0.25, 0.3) is 11.5 Å². The zero-order chi connectivity index (χ0) is 23.0. The van der Waals surface area contributed by atoms with E-state index in [2.05, 4.69) is 10.3 Å². The Balaban J connectivity index is 1.70. The number of carbonyl (C=O) groups excluding carboxylic acids is 1. The van der Waals surface area contributed by atoms with Gasteiger partial charge in [0.15, 0.2) is 0 Å². The third-order valence-corrected chi connectivity index (χ3v) is 6.10. The topological polar surface area (TPSA) is 64.0 Å². The van der Waals surface area contributed by atoms with E-state index in [1.165, 1.54) is 42.1 Å². The zero-order valence-corrected chi connectivity index (χ0v) is 17.4. The molecule has 0 bridgehead atoms. The van der Waals surface area contributed by atoms with Gasteiger partial charge in [-0.25, -0.2) is 9.37 Å².